The van der Waals surface area contributed by atoms with Crippen LogP contribution in [0.2, 0.25) is 5.02 Å². The van der Waals surface area contributed by atoms with E-state index in [1.54, 1.807) is 6.07 Å². The molecule has 3 fully saturated rings. The maximum absolute atomic E-state index is 12.7. The average Bonchev–Trinajstić information content (AvgIpc) is 3.02. The van der Waals surface area contributed by atoms with E-state index in [9.17, 15) is 4.79 Å². The molecule has 7 heteroatoms. The number of amides is 1. The van der Waals surface area contributed by atoms with Crippen LogP contribution in [-0.2, 0) is 6.42 Å². The number of carbonyl (C=O) groups excluding carboxylic acids is 1. The van der Waals surface area contributed by atoms with E-state index in [0.717, 1.165) is 25.2 Å². The zero-order valence-electron chi connectivity index (χ0n) is 12.8. The van der Waals surface area contributed by atoms with Crippen molar-refractivity contribution in [2.75, 3.05) is 32.0 Å². The summed E-state index contributed by atoms with van der Waals surface area (Å²) < 4.78 is 5.63. The number of ether oxygens (including phenoxy) is 1. The summed E-state index contributed by atoms with van der Waals surface area (Å²) in [6, 6.07) is 1.86. The number of anilines is 1. The SMILES string of the molecule is Cl.Nc1c(Cl)cc(C(=O)NC2CN3CCC2CC3)c2c1CCO2. The first-order valence-corrected chi connectivity index (χ1v) is 8.28. The Morgan fingerprint density at radius 2 is 2.13 bits per heavy atom. The van der Waals surface area contributed by atoms with Gasteiger partial charge < -0.3 is 20.7 Å². The molecule has 1 aromatic rings. The van der Waals surface area contributed by atoms with Crippen molar-refractivity contribution < 1.29 is 9.53 Å². The van der Waals surface area contributed by atoms with E-state index in [2.05, 4.69) is 10.2 Å². The Morgan fingerprint density at radius 1 is 1.39 bits per heavy atom. The molecule has 1 atom stereocenters. The molecule has 3 saturated heterocycles. The molecule has 0 spiro atoms. The van der Waals surface area contributed by atoms with Crippen LogP contribution in [0.4, 0.5) is 5.69 Å². The molecule has 4 aliphatic rings. The lowest BCUT2D eigenvalue weighted by Gasteiger charge is -2.44. The highest BCUT2D eigenvalue weighted by molar-refractivity contribution is 6.33. The van der Waals surface area contributed by atoms with Gasteiger partial charge in [-0.15, -0.1) is 12.4 Å². The van der Waals surface area contributed by atoms with Gasteiger partial charge in [0, 0.05) is 24.6 Å². The van der Waals surface area contributed by atoms with Crippen molar-refractivity contribution >= 4 is 35.6 Å². The first kappa shape index (κ1) is 16.7. The Hall–Kier alpha value is -1.17. The summed E-state index contributed by atoms with van der Waals surface area (Å²) in [5.41, 5.74) is 7.91. The van der Waals surface area contributed by atoms with E-state index in [-0.39, 0.29) is 24.4 Å². The van der Waals surface area contributed by atoms with Crippen molar-refractivity contribution in [3.05, 3.63) is 22.2 Å². The van der Waals surface area contributed by atoms with Gasteiger partial charge in [0.1, 0.15) is 5.75 Å². The second-order valence-corrected chi connectivity index (χ2v) is 6.85. The Balaban J connectivity index is 0.00000156. The summed E-state index contributed by atoms with van der Waals surface area (Å²) in [7, 11) is 0. The Labute approximate surface area is 146 Å². The minimum absolute atomic E-state index is 0. The highest BCUT2D eigenvalue weighted by Gasteiger charge is 2.36. The van der Waals surface area contributed by atoms with E-state index < -0.39 is 0 Å². The number of benzene rings is 1. The van der Waals surface area contributed by atoms with Crippen LogP contribution in [0.1, 0.15) is 28.8 Å². The minimum atomic E-state index is -0.0983. The highest BCUT2D eigenvalue weighted by atomic mass is 35.5. The van der Waals surface area contributed by atoms with Crippen LogP contribution in [0.25, 0.3) is 0 Å². The van der Waals surface area contributed by atoms with Crippen LogP contribution in [0, 0.1) is 5.92 Å². The maximum atomic E-state index is 12.7. The van der Waals surface area contributed by atoms with Gasteiger partial charge >= 0.3 is 0 Å². The predicted molar refractivity (Wildman–Crippen MR) is 92.7 cm³/mol. The van der Waals surface area contributed by atoms with Gasteiger partial charge in [-0.2, -0.15) is 0 Å². The number of hydrogen-bond acceptors (Lipinski definition) is 4. The molecule has 0 saturated carbocycles. The summed E-state index contributed by atoms with van der Waals surface area (Å²) in [6.45, 7) is 3.81. The lowest BCUT2D eigenvalue weighted by atomic mass is 9.84. The third-order valence-electron chi connectivity index (χ3n) is 5.19. The van der Waals surface area contributed by atoms with Crippen LogP contribution < -0.4 is 15.8 Å². The fourth-order valence-electron chi connectivity index (χ4n) is 3.91. The summed E-state index contributed by atoms with van der Waals surface area (Å²) >= 11 is 6.18. The van der Waals surface area contributed by atoms with Gasteiger partial charge in [0.25, 0.3) is 5.91 Å². The smallest absolute Gasteiger partial charge is 0.255 e. The molecule has 0 radical (unpaired) electrons. The molecule has 3 N–H and O–H groups in total. The molecule has 5 rings (SSSR count). The molecule has 4 heterocycles. The standard InChI is InChI=1S/C16H20ClN3O2.ClH/c17-12-7-11(15-10(14(12)18)3-6-22-15)16(21)19-13-8-20-4-1-9(13)2-5-20;/h7,9,13H,1-6,8,18H2,(H,19,21);1H. The summed E-state index contributed by atoms with van der Waals surface area (Å²) in [4.78, 5) is 15.1. The maximum Gasteiger partial charge on any atom is 0.255 e. The third kappa shape index (κ3) is 2.86. The number of halogens is 2. The number of hydrogen-bond donors (Lipinski definition) is 2. The molecule has 23 heavy (non-hydrogen) atoms. The lowest BCUT2D eigenvalue weighted by molar-refractivity contribution is 0.0619. The molecule has 5 nitrogen and oxygen atoms in total. The molecule has 0 aromatic heterocycles. The van der Waals surface area contributed by atoms with E-state index in [0.29, 0.717) is 41.0 Å². The van der Waals surface area contributed by atoms with Gasteiger partial charge in [0.15, 0.2) is 0 Å². The molecule has 0 aliphatic carbocycles. The normalized spacial score (nSPS) is 27.8. The number of piperidine rings is 3. The average molecular weight is 358 g/mol. The second kappa shape index (κ2) is 6.38. The van der Waals surface area contributed by atoms with E-state index in [1.807, 2.05) is 0 Å². The van der Waals surface area contributed by atoms with Crippen LogP contribution in [0.3, 0.4) is 0 Å². The number of nitrogens with one attached hydrogen (secondary N) is 1. The predicted octanol–water partition coefficient (Wildman–Crippen LogP) is 2.10. The fourth-order valence-corrected chi connectivity index (χ4v) is 4.13. The highest BCUT2D eigenvalue weighted by Crippen LogP contribution is 2.39. The van der Waals surface area contributed by atoms with Gasteiger partial charge in [-0.25, -0.2) is 0 Å². The number of nitrogens with zero attached hydrogens (tertiary/aromatic N) is 1. The Kier molecular flexibility index (Phi) is 4.63. The summed E-state index contributed by atoms with van der Waals surface area (Å²) in [6.07, 6.45) is 3.05. The summed E-state index contributed by atoms with van der Waals surface area (Å²) in [5, 5.41) is 3.62. The van der Waals surface area contributed by atoms with Crippen molar-refractivity contribution in [2.45, 2.75) is 25.3 Å². The monoisotopic (exact) mass is 357 g/mol. The van der Waals surface area contributed by atoms with Crippen molar-refractivity contribution in [1.82, 2.24) is 10.2 Å². The molecule has 1 amide bonds. The van der Waals surface area contributed by atoms with Crippen LogP contribution in [0.15, 0.2) is 6.07 Å². The van der Waals surface area contributed by atoms with Gasteiger partial charge in [-0.1, -0.05) is 11.6 Å². The molecular formula is C16H21Cl2N3O2. The lowest BCUT2D eigenvalue weighted by Crippen LogP contribution is -2.57. The second-order valence-electron chi connectivity index (χ2n) is 6.44. The van der Waals surface area contributed by atoms with Gasteiger partial charge in [0.05, 0.1) is 22.9 Å². The number of fused-ring (bicyclic) bond motifs is 4. The fraction of sp³-hybridized carbons (Fsp3) is 0.562. The summed E-state index contributed by atoms with van der Waals surface area (Å²) in [5.74, 6) is 1.10. The van der Waals surface area contributed by atoms with Gasteiger partial charge in [0.2, 0.25) is 0 Å². The van der Waals surface area contributed by atoms with Crippen molar-refractivity contribution in [3.8, 4) is 5.75 Å². The quantitative estimate of drug-likeness (QED) is 0.795. The van der Waals surface area contributed by atoms with Crippen molar-refractivity contribution in [3.63, 3.8) is 0 Å². The largest absolute Gasteiger partial charge is 0.492 e. The zero-order valence-corrected chi connectivity index (χ0v) is 14.4. The molecule has 2 bridgehead atoms. The van der Waals surface area contributed by atoms with E-state index >= 15 is 0 Å². The van der Waals surface area contributed by atoms with Crippen LogP contribution in [0.5, 0.6) is 5.75 Å². The van der Waals surface area contributed by atoms with Crippen LogP contribution in [-0.4, -0.2) is 43.1 Å². The van der Waals surface area contributed by atoms with Crippen molar-refractivity contribution in [2.24, 2.45) is 5.92 Å². The molecule has 126 valence electrons. The van der Waals surface area contributed by atoms with Crippen molar-refractivity contribution in [1.29, 1.82) is 0 Å². The topological polar surface area (TPSA) is 67.6 Å². The number of rotatable bonds is 2. The number of nitrogens with two attached hydrogens (primary N) is 1. The minimum Gasteiger partial charge on any atom is -0.492 e. The van der Waals surface area contributed by atoms with Gasteiger partial charge in [-0.05, 0) is 37.9 Å². The molecule has 1 unspecified atom stereocenters. The molecule has 1 aromatic carbocycles. The van der Waals surface area contributed by atoms with Crippen LogP contribution >= 0.6 is 24.0 Å². The number of nitrogen functional groups attached to an aromatic ring is 1. The Morgan fingerprint density at radius 3 is 2.78 bits per heavy atom. The third-order valence-corrected chi connectivity index (χ3v) is 5.50. The first-order valence-electron chi connectivity index (χ1n) is 7.90. The molecule has 4 aliphatic heterocycles. The molecular weight excluding hydrogens is 337 g/mol. The van der Waals surface area contributed by atoms with E-state index in [4.69, 9.17) is 22.1 Å². The Bertz CT molecular complexity index is 630. The zero-order chi connectivity index (χ0) is 15.3. The van der Waals surface area contributed by atoms with Gasteiger partial charge in [-0.3, -0.25) is 4.79 Å². The first-order chi connectivity index (χ1) is 10.6. The van der Waals surface area contributed by atoms with E-state index in [1.165, 1.54) is 12.8 Å². The number of carbonyl (C=O) groups is 1.